The molecular formula is C12H14ClN3O2S. The lowest BCUT2D eigenvalue weighted by Crippen LogP contribution is -2.25. The maximum Gasteiger partial charge on any atom is 0.258 e. The third-order valence-corrected chi connectivity index (χ3v) is 4.37. The molecule has 5 nitrogen and oxygen atoms in total. The predicted molar refractivity (Wildman–Crippen MR) is 74.2 cm³/mol. The van der Waals surface area contributed by atoms with E-state index in [9.17, 15) is 8.42 Å². The summed E-state index contributed by atoms with van der Waals surface area (Å²) < 4.78 is 28.0. The van der Waals surface area contributed by atoms with Gasteiger partial charge in [0, 0.05) is 11.6 Å². The summed E-state index contributed by atoms with van der Waals surface area (Å²) in [5.41, 5.74) is 1.54. The fourth-order valence-electron chi connectivity index (χ4n) is 1.80. The minimum Gasteiger partial charge on any atom is -0.220 e. The first kappa shape index (κ1) is 14.0. The number of nitrogens with one attached hydrogen (secondary N) is 1. The van der Waals surface area contributed by atoms with Crippen LogP contribution < -0.4 is 4.72 Å². The summed E-state index contributed by atoms with van der Waals surface area (Å²) in [7, 11) is -3.56. The van der Waals surface area contributed by atoms with Crippen LogP contribution in [0.5, 0.6) is 0 Å². The molecule has 0 unspecified atom stereocenters. The molecule has 19 heavy (non-hydrogen) atoms. The number of hydrogen-bond acceptors (Lipinski definition) is 3. The molecule has 2 rings (SSSR count). The molecule has 7 heteroatoms. The molecule has 0 spiro atoms. The number of aromatic nitrogens is 2. The Kier molecular flexibility index (Phi) is 3.93. The molecule has 0 bridgehead atoms. The Hall–Kier alpha value is -1.37. The van der Waals surface area contributed by atoms with Gasteiger partial charge < -0.3 is 0 Å². The molecule has 102 valence electrons. The summed E-state index contributed by atoms with van der Waals surface area (Å²) in [6.07, 6.45) is 1.46. The molecule has 0 saturated heterocycles. The summed E-state index contributed by atoms with van der Waals surface area (Å²) in [6.45, 7) is 3.91. The van der Waals surface area contributed by atoms with Gasteiger partial charge in [-0.1, -0.05) is 18.5 Å². The minimum atomic E-state index is -3.56. The van der Waals surface area contributed by atoms with Gasteiger partial charge in [0.05, 0.1) is 11.9 Å². The average Bonchev–Trinajstić information content (AvgIpc) is 2.78. The Balaban J connectivity index is 2.57. The van der Waals surface area contributed by atoms with Gasteiger partial charge in [0.2, 0.25) is 0 Å². The van der Waals surface area contributed by atoms with Crippen LogP contribution >= 0.6 is 11.6 Å². The van der Waals surface area contributed by atoms with Crippen molar-refractivity contribution in [3.63, 3.8) is 0 Å². The quantitative estimate of drug-likeness (QED) is 0.940. The molecule has 0 fully saturated rings. The van der Waals surface area contributed by atoms with Crippen LogP contribution in [0.2, 0.25) is 5.02 Å². The molecule has 0 radical (unpaired) electrons. The highest BCUT2D eigenvalue weighted by Crippen LogP contribution is 2.21. The lowest BCUT2D eigenvalue weighted by molar-refractivity contribution is 0.573. The number of nitrogens with zero attached hydrogens (tertiary/aromatic N) is 2. The fourth-order valence-corrected chi connectivity index (χ4v) is 3.16. The fraction of sp³-hybridized carbons (Fsp3) is 0.250. The largest absolute Gasteiger partial charge is 0.258 e. The van der Waals surface area contributed by atoms with Crippen molar-refractivity contribution in [3.05, 3.63) is 41.0 Å². The minimum absolute atomic E-state index is 0.111. The van der Waals surface area contributed by atoms with E-state index in [0.717, 1.165) is 5.56 Å². The molecular weight excluding hydrogens is 286 g/mol. The van der Waals surface area contributed by atoms with Gasteiger partial charge in [-0.25, -0.2) is 17.8 Å². The first-order chi connectivity index (χ1) is 8.95. The zero-order chi connectivity index (χ0) is 14.0. The van der Waals surface area contributed by atoms with Crippen molar-refractivity contribution in [2.75, 3.05) is 6.54 Å². The molecule has 1 aromatic carbocycles. The highest BCUT2D eigenvalue weighted by atomic mass is 35.5. The van der Waals surface area contributed by atoms with E-state index in [-0.39, 0.29) is 5.03 Å². The maximum absolute atomic E-state index is 12.1. The second-order valence-electron chi connectivity index (χ2n) is 4.01. The van der Waals surface area contributed by atoms with E-state index >= 15 is 0 Å². The maximum atomic E-state index is 12.1. The van der Waals surface area contributed by atoms with E-state index in [4.69, 9.17) is 11.6 Å². The third kappa shape index (κ3) is 2.80. The number of sulfonamides is 1. The van der Waals surface area contributed by atoms with Crippen LogP contribution in [0.4, 0.5) is 0 Å². The Morgan fingerprint density at radius 2 is 2.11 bits per heavy atom. The van der Waals surface area contributed by atoms with Crippen LogP contribution in [0, 0.1) is 6.92 Å². The van der Waals surface area contributed by atoms with Gasteiger partial charge in [-0.2, -0.15) is 5.10 Å². The van der Waals surface area contributed by atoms with Gasteiger partial charge >= 0.3 is 0 Å². The van der Waals surface area contributed by atoms with Crippen molar-refractivity contribution in [2.45, 2.75) is 18.9 Å². The van der Waals surface area contributed by atoms with E-state index in [1.165, 1.54) is 16.9 Å². The van der Waals surface area contributed by atoms with Crippen molar-refractivity contribution in [1.29, 1.82) is 0 Å². The molecule has 1 N–H and O–H groups in total. The molecule has 0 saturated carbocycles. The number of aryl methyl sites for hydroxylation is 1. The van der Waals surface area contributed by atoms with Gasteiger partial charge in [0.15, 0.2) is 5.03 Å². The highest BCUT2D eigenvalue weighted by molar-refractivity contribution is 7.89. The number of benzene rings is 1. The summed E-state index contributed by atoms with van der Waals surface area (Å²) in [4.78, 5) is 0. The van der Waals surface area contributed by atoms with Crippen molar-refractivity contribution < 1.29 is 8.42 Å². The van der Waals surface area contributed by atoms with Gasteiger partial charge in [0.25, 0.3) is 10.0 Å². The van der Waals surface area contributed by atoms with Gasteiger partial charge in [-0.05, 0) is 36.8 Å². The van der Waals surface area contributed by atoms with Gasteiger partial charge in [0.1, 0.15) is 0 Å². The Labute approximate surface area is 117 Å². The third-order valence-electron chi connectivity index (χ3n) is 2.60. The zero-order valence-corrected chi connectivity index (χ0v) is 12.2. The van der Waals surface area contributed by atoms with E-state index in [1.54, 1.807) is 25.1 Å². The molecule has 0 aliphatic rings. The Bertz CT molecular complexity index is 695. The number of halogens is 1. The molecule has 0 aliphatic heterocycles. The molecule has 2 aromatic rings. The van der Waals surface area contributed by atoms with Crippen LogP contribution in [-0.4, -0.2) is 24.7 Å². The van der Waals surface area contributed by atoms with E-state index in [1.807, 2.05) is 6.92 Å². The summed E-state index contributed by atoms with van der Waals surface area (Å²) in [5.74, 6) is 0. The first-order valence-corrected chi connectivity index (χ1v) is 7.62. The molecule has 0 atom stereocenters. The standard InChI is InChI=1S/C12H14ClN3O2S/c1-3-15-19(17,18)12-6-7-14-16(12)11-5-4-10(13)8-9(11)2/h4-8,15H,3H2,1-2H3. The van der Waals surface area contributed by atoms with Crippen molar-refractivity contribution in [2.24, 2.45) is 0 Å². The lowest BCUT2D eigenvalue weighted by atomic mass is 10.2. The number of hydrogen-bond donors (Lipinski definition) is 1. The predicted octanol–water partition coefficient (Wildman–Crippen LogP) is 2.13. The average molecular weight is 300 g/mol. The van der Waals surface area contributed by atoms with Crippen molar-refractivity contribution >= 4 is 21.6 Å². The van der Waals surface area contributed by atoms with Crippen LogP contribution in [0.15, 0.2) is 35.5 Å². The van der Waals surface area contributed by atoms with Gasteiger partial charge in [-0.3, -0.25) is 0 Å². The van der Waals surface area contributed by atoms with E-state index in [2.05, 4.69) is 9.82 Å². The highest BCUT2D eigenvalue weighted by Gasteiger charge is 2.20. The van der Waals surface area contributed by atoms with Crippen molar-refractivity contribution in [1.82, 2.24) is 14.5 Å². The normalized spacial score (nSPS) is 11.7. The zero-order valence-electron chi connectivity index (χ0n) is 10.6. The monoisotopic (exact) mass is 299 g/mol. The van der Waals surface area contributed by atoms with E-state index in [0.29, 0.717) is 17.3 Å². The second-order valence-corrected chi connectivity index (χ2v) is 6.16. The summed E-state index contributed by atoms with van der Waals surface area (Å²) in [5, 5.41) is 4.79. The molecule has 0 amide bonds. The lowest BCUT2D eigenvalue weighted by Gasteiger charge is -2.11. The smallest absolute Gasteiger partial charge is 0.220 e. The summed E-state index contributed by atoms with van der Waals surface area (Å²) in [6, 6.07) is 6.68. The SMILES string of the molecule is CCNS(=O)(=O)c1ccnn1-c1ccc(Cl)cc1C. The van der Waals surface area contributed by atoms with Crippen LogP contribution in [0.25, 0.3) is 5.69 Å². The molecule has 0 aliphatic carbocycles. The first-order valence-electron chi connectivity index (χ1n) is 5.76. The topological polar surface area (TPSA) is 64.0 Å². The molecule has 1 aromatic heterocycles. The Morgan fingerprint density at radius 3 is 2.74 bits per heavy atom. The molecule has 1 heterocycles. The van der Waals surface area contributed by atoms with Crippen LogP contribution in [-0.2, 0) is 10.0 Å². The van der Waals surface area contributed by atoms with Crippen molar-refractivity contribution in [3.8, 4) is 5.69 Å². The van der Waals surface area contributed by atoms with E-state index < -0.39 is 10.0 Å². The summed E-state index contributed by atoms with van der Waals surface area (Å²) >= 11 is 5.90. The second kappa shape index (κ2) is 5.32. The van der Waals surface area contributed by atoms with Crippen LogP contribution in [0.3, 0.4) is 0 Å². The van der Waals surface area contributed by atoms with Crippen LogP contribution in [0.1, 0.15) is 12.5 Å². The Morgan fingerprint density at radius 1 is 1.37 bits per heavy atom. The number of rotatable bonds is 4. The van der Waals surface area contributed by atoms with Gasteiger partial charge in [-0.15, -0.1) is 0 Å².